The molecule has 2 N–H and O–H groups in total. The average molecular weight is 240 g/mol. The van der Waals surface area contributed by atoms with Gasteiger partial charge in [-0.15, -0.1) is 0 Å². The van der Waals surface area contributed by atoms with Crippen molar-refractivity contribution in [2.24, 2.45) is 17.6 Å². The first-order valence-corrected chi connectivity index (χ1v) is 6.71. The molecule has 1 aliphatic heterocycles. The molecule has 2 rings (SSSR count). The summed E-state index contributed by atoms with van der Waals surface area (Å²) in [6.45, 7) is 3.32. The Balaban J connectivity index is 1.94. The minimum Gasteiger partial charge on any atom is -0.378 e. The van der Waals surface area contributed by atoms with E-state index in [1.54, 1.807) is 0 Å². The fourth-order valence-electron chi connectivity index (χ4n) is 3.24. The molecular formula is C13H24N2O2. The third kappa shape index (κ3) is 2.63. The van der Waals surface area contributed by atoms with Crippen molar-refractivity contribution in [3.05, 3.63) is 0 Å². The Morgan fingerprint density at radius 2 is 2.24 bits per heavy atom. The number of nitrogens with zero attached hydrogens (tertiary/aromatic N) is 1. The minimum atomic E-state index is 0.0639. The van der Waals surface area contributed by atoms with Crippen LogP contribution in [0.25, 0.3) is 0 Å². The zero-order chi connectivity index (χ0) is 12.4. The summed E-state index contributed by atoms with van der Waals surface area (Å²) in [6, 6.07) is 0.350. The third-order valence-corrected chi connectivity index (χ3v) is 4.31. The molecule has 4 unspecified atom stereocenters. The minimum absolute atomic E-state index is 0.0639. The van der Waals surface area contributed by atoms with Gasteiger partial charge in [0.25, 0.3) is 0 Å². The van der Waals surface area contributed by atoms with Crippen LogP contribution in [0, 0.1) is 11.8 Å². The highest BCUT2D eigenvalue weighted by molar-refractivity contribution is 5.79. The van der Waals surface area contributed by atoms with Gasteiger partial charge in [-0.3, -0.25) is 4.79 Å². The highest BCUT2D eigenvalue weighted by atomic mass is 16.5. The maximum absolute atomic E-state index is 12.3. The van der Waals surface area contributed by atoms with Crippen molar-refractivity contribution in [3.63, 3.8) is 0 Å². The molecule has 0 aromatic carbocycles. The predicted octanol–water partition coefficient (Wildman–Crippen LogP) is 0.997. The van der Waals surface area contributed by atoms with E-state index in [2.05, 4.69) is 0 Å². The molecule has 1 saturated heterocycles. The first kappa shape index (κ1) is 12.8. The number of amides is 1. The van der Waals surface area contributed by atoms with Gasteiger partial charge in [-0.2, -0.15) is 0 Å². The number of carbonyl (C=O) groups excluding carboxylic acids is 1. The first-order valence-electron chi connectivity index (χ1n) is 6.71. The van der Waals surface area contributed by atoms with Crippen molar-refractivity contribution in [2.75, 3.05) is 20.2 Å². The van der Waals surface area contributed by atoms with E-state index in [0.29, 0.717) is 25.1 Å². The molecule has 1 heterocycles. The molecule has 1 aliphatic carbocycles. The van der Waals surface area contributed by atoms with E-state index in [1.807, 2.05) is 18.9 Å². The van der Waals surface area contributed by atoms with Crippen molar-refractivity contribution >= 4 is 5.91 Å². The fraction of sp³-hybridized carbons (Fsp3) is 0.923. The summed E-state index contributed by atoms with van der Waals surface area (Å²) in [7, 11) is 1.93. The van der Waals surface area contributed by atoms with E-state index >= 15 is 0 Å². The summed E-state index contributed by atoms with van der Waals surface area (Å²) >= 11 is 0. The molecule has 0 bridgehead atoms. The molecule has 4 atom stereocenters. The van der Waals surface area contributed by atoms with Gasteiger partial charge >= 0.3 is 0 Å². The molecule has 0 radical (unpaired) electrons. The lowest BCUT2D eigenvalue weighted by Gasteiger charge is -2.31. The highest BCUT2D eigenvalue weighted by Crippen LogP contribution is 2.30. The number of ether oxygens (including phenoxy) is 1. The largest absolute Gasteiger partial charge is 0.378 e. The van der Waals surface area contributed by atoms with Gasteiger partial charge in [0.15, 0.2) is 0 Å². The van der Waals surface area contributed by atoms with Crippen LogP contribution in [0.1, 0.15) is 32.6 Å². The smallest absolute Gasteiger partial charge is 0.228 e. The van der Waals surface area contributed by atoms with Crippen molar-refractivity contribution < 1.29 is 9.53 Å². The van der Waals surface area contributed by atoms with Gasteiger partial charge in [-0.05, 0) is 38.6 Å². The molecule has 0 aromatic rings. The molecule has 1 amide bonds. The van der Waals surface area contributed by atoms with Crippen LogP contribution < -0.4 is 5.73 Å². The van der Waals surface area contributed by atoms with Crippen LogP contribution in [0.15, 0.2) is 0 Å². The molecule has 0 aromatic heterocycles. The Morgan fingerprint density at radius 1 is 1.47 bits per heavy atom. The van der Waals surface area contributed by atoms with Crippen molar-refractivity contribution in [1.29, 1.82) is 0 Å². The molecule has 2 aliphatic rings. The Hall–Kier alpha value is -0.610. The van der Waals surface area contributed by atoms with Crippen LogP contribution >= 0.6 is 0 Å². The van der Waals surface area contributed by atoms with Gasteiger partial charge in [-0.25, -0.2) is 0 Å². The molecule has 4 heteroatoms. The van der Waals surface area contributed by atoms with Crippen molar-refractivity contribution in [2.45, 2.75) is 44.8 Å². The number of nitrogens with two attached hydrogens (primary N) is 1. The number of carbonyl (C=O) groups is 1. The van der Waals surface area contributed by atoms with Crippen LogP contribution in [0.3, 0.4) is 0 Å². The van der Waals surface area contributed by atoms with Crippen LogP contribution in [0.5, 0.6) is 0 Å². The fourth-order valence-corrected chi connectivity index (χ4v) is 3.24. The van der Waals surface area contributed by atoms with Gasteiger partial charge in [-0.1, -0.05) is 6.42 Å². The SMILES string of the molecule is CC1CC(C(=O)N(C)C2CCCC2CN)CO1. The van der Waals surface area contributed by atoms with Crippen LogP contribution in [0.4, 0.5) is 0 Å². The topological polar surface area (TPSA) is 55.6 Å². The lowest BCUT2D eigenvalue weighted by molar-refractivity contribution is -0.136. The lowest BCUT2D eigenvalue weighted by atomic mass is 9.99. The van der Waals surface area contributed by atoms with Gasteiger partial charge in [0.1, 0.15) is 0 Å². The van der Waals surface area contributed by atoms with Crippen molar-refractivity contribution in [3.8, 4) is 0 Å². The van der Waals surface area contributed by atoms with E-state index in [-0.39, 0.29) is 17.9 Å². The average Bonchev–Trinajstić information content (AvgIpc) is 2.95. The van der Waals surface area contributed by atoms with Gasteiger partial charge in [0, 0.05) is 13.1 Å². The third-order valence-electron chi connectivity index (χ3n) is 4.31. The number of hydrogen-bond donors (Lipinski definition) is 1. The summed E-state index contributed by atoms with van der Waals surface area (Å²) in [5, 5.41) is 0. The zero-order valence-electron chi connectivity index (χ0n) is 10.9. The van der Waals surface area contributed by atoms with Gasteiger partial charge in [0.05, 0.1) is 18.6 Å². The standard InChI is InChI=1S/C13H24N2O2/c1-9-6-11(8-17-9)13(16)15(2)12-5-3-4-10(12)7-14/h9-12H,3-8,14H2,1-2H3. The summed E-state index contributed by atoms with van der Waals surface area (Å²) in [5.41, 5.74) is 5.78. The summed E-state index contributed by atoms with van der Waals surface area (Å²) in [5.74, 6) is 0.803. The van der Waals surface area contributed by atoms with Crippen LogP contribution in [-0.2, 0) is 9.53 Å². The van der Waals surface area contributed by atoms with E-state index in [9.17, 15) is 4.79 Å². The quantitative estimate of drug-likeness (QED) is 0.800. The number of hydrogen-bond acceptors (Lipinski definition) is 3. The second-order valence-electron chi connectivity index (χ2n) is 5.52. The maximum Gasteiger partial charge on any atom is 0.228 e. The van der Waals surface area contributed by atoms with E-state index in [0.717, 1.165) is 19.3 Å². The number of rotatable bonds is 3. The van der Waals surface area contributed by atoms with Gasteiger partial charge in [0.2, 0.25) is 5.91 Å². The Kier molecular flexibility index (Phi) is 4.05. The zero-order valence-corrected chi connectivity index (χ0v) is 10.9. The summed E-state index contributed by atoms with van der Waals surface area (Å²) < 4.78 is 5.48. The van der Waals surface area contributed by atoms with E-state index in [1.165, 1.54) is 6.42 Å². The summed E-state index contributed by atoms with van der Waals surface area (Å²) in [4.78, 5) is 14.3. The first-order chi connectivity index (χ1) is 8.13. The Bertz CT molecular complexity index is 283. The molecular weight excluding hydrogens is 216 g/mol. The van der Waals surface area contributed by atoms with E-state index in [4.69, 9.17) is 10.5 Å². The monoisotopic (exact) mass is 240 g/mol. The van der Waals surface area contributed by atoms with E-state index < -0.39 is 0 Å². The molecule has 2 fully saturated rings. The Morgan fingerprint density at radius 3 is 2.82 bits per heavy atom. The highest BCUT2D eigenvalue weighted by Gasteiger charge is 2.36. The lowest BCUT2D eigenvalue weighted by Crippen LogP contribution is -2.44. The second kappa shape index (κ2) is 5.36. The normalized spacial score (nSPS) is 37.4. The van der Waals surface area contributed by atoms with Crippen molar-refractivity contribution in [1.82, 2.24) is 4.90 Å². The molecule has 4 nitrogen and oxygen atoms in total. The van der Waals surface area contributed by atoms with Gasteiger partial charge < -0.3 is 15.4 Å². The molecule has 98 valence electrons. The summed E-state index contributed by atoms with van der Waals surface area (Å²) in [6.07, 6.45) is 4.56. The second-order valence-corrected chi connectivity index (χ2v) is 5.52. The maximum atomic E-state index is 12.3. The predicted molar refractivity (Wildman–Crippen MR) is 66.5 cm³/mol. The Labute approximate surface area is 103 Å². The molecule has 1 saturated carbocycles. The molecule has 0 spiro atoms. The molecule has 17 heavy (non-hydrogen) atoms. The van der Waals surface area contributed by atoms with Crippen LogP contribution in [0.2, 0.25) is 0 Å². The van der Waals surface area contributed by atoms with Crippen LogP contribution in [-0.4, -0.2) is 43.2 Å².